The summed E-state index contributed by atoms with van der Waals surface area (Å²) in [5.74, 6) is 0.948. The zero-order valence-electron chi connectivity index (χ0n) is 14.1. The topological polar surface area (TPSA) is 38.9 Å². The average Bonchev–Trinajstić information content (AvgIpc) is 3.18. The van der Waals surface area contributed by atoms with Gasteiger partial charge < -0.3 is 4.42 Å². The molecule has 0 N–H and O–H groups in total. The smallest absolute Gasteiger partial charge is 0.181 e. The minimum Gasteiger partial charge on any atom is -0.443 e. The molecule has 122 valence electrons. The van der Waals surface area contributed by atoms with E-state index in [1.54, 1.807) is 0 Å². The predicted octanol–water partition coefficient (Wildman–Crippen LogP) is 5.91. The fourth-order valence-corrected chi connectivity index (χ4v) is 4.14. The van der Waals surface area contributed by atoms with Gasteiger partial charge in [-0.15, -0.1) is 11.3 Å². The Hall–Kier alpha value is -2.20. The largest absolute Gasteiger partial charge is 0.443 e. The molecule has 0 aliphatic rings. The lowest BCUT2D eigenvalue weighted by Crippen LogP contribution is -1.97. The Morgan fingerprint density at radius 2 is 1.83 bits per heavy atom. The number of hydrogen-bond donors (Lipinski definition) is 0. The molecule has 2 aromatic heterocycles. The second-order valence-electron chi connectivity index (χ2n) is 6.67. The Morgan fingerprint density at radius 3 is 2.67 bits per heavy atom. The first-order chi connectivity index (χ1) is 11.6. The highest BCUT2D eigenvalue weighted by Crippen LogP contribution is 2.30. The van der Waals surface area contributed by atoms with Crippen molar-refractivity contribution in [1.29, 1.82) is 0 Å². The molecule has 0 amide bonds. The number of oxazole rings is 1. The molecule has 0 spiro atoms. The number of hydrogen-bond acceptors (Lipinski definition) is 4. The number of thiazole rings is 1. The maximum absolute atomic E-state index is 5.32. The highest BCUT2D eigenvalue weighted by atomic mass is 32.1. The number of benzene rings is 2. The van der Waals surface area contributed by atoms with Gasteiger partial charge in [0.1, 0.15) is 5.52 Å². The van der Waals surface area contributed by atoms with E-state index in [-0.39, 0.29) is 0 Å². The third-order valence-corrected chi connectivity index (χ3v) is 5.57. The molecule has 0 bridgehead atoms. The van der Waals surface area contributed by atoms with E-state index in [0.717, 1.165) is 23.0 Å². The fourth-order valence-electron chi connectivity index (χ4n) is 3.00. The van der Waals surface area contributed by atoms with E-state index in [9.17, 15) is 0 Å². The van der Waals surface area contributed by atoms with Gasteiger partial charge in [0, 0.05) is 6.42 Å². The first-order valence-electron chi connectivity index (χ1n) is 8.32. The van der Waals surface area contributed by atoms with Crippen molar-refractivity contribution < 1.29 is 4.42 Å². The summed E-state index contributed by atoms with van der Waals surface area (Å²) >= 11 is 1.81. The van der Waals surface area contributed by atoms with Crippen LogP contribution in [-0.2, 0) is 6.42 Å². The fraction of sp³-hybridized carbons (Fsp3) is 0.300. The standard InChI is InChI=1S/C20H20N2OS/c1-12(2)14-4-6-16-19(10-14)24-20(22-16)8-13(3)15-5-7-18-17(9-15)21-11-23-18/h4-7,9-13H,8H2,1-3H3. The predicted molar refractivity (Wildman–Crippen MR) is 99.8 cm³/mol. The molecular weight excluding hydrogens is 316 g/mol. The summed E-state index contributed by atoms with van der Waals surface area (Å²) < 4.78 is 6.61. The van der Waals surface area contributed by atoms with Crippen molar-refractivity contribution in [2.24, 2.45) is 0 Å². The van der Waals surface area contributed by atoms with Crippen LogP contribution in [-0.4, -0.2) is 9.97 Å². The van der Waals surface area contributed by atoms with Crippen molar-refractivity contribution in [1.82, 2.24) is 9.97 Å². The van der Waals surface area contributed by atoms with Crippen LogP contribution in [0.25, 0.3) is 21.3 Å². The van der Waals surface area contributed by atoms with Crippen molar-refractivity contribution in [3.63, 3.8) is 0 Å². The van der Waals surface area contributed by atoms with Gasteiger partial charge in [-0.3, -0.25) is 0 Å². The molecule has 4 rings (SSSR count). The summed E-state index contributed by atoms with van der Waals surface area (Å²) in [4.78, 5) is 9.07. The van der Waals surface area contributed by atoms with E-state index in [1.165, 1.54) is 27.2 Å². The minimum absolute atomic E-state index is 0.399. The summed E-state index contributed by atoms with van der Waals surface area (Å²) in [7, 11) is 0. The van der Waals surface area contributed by atoms with Crippen LogP contribution in [0.4, 0.5) is 0 Å². The molecule has 24 heavy (non-hydrogen) atoms. The minimum atomic E-state index is 0.399. The summed E-state index contributed by atoms with van der Waals surface area (Å²) in [6.45, 7) is 6.70. The summed E-state index contributed by atoms with van der Waals surface area (Å²) in [6.07, 6.45) is 2.44. The zero-order valence-corrected chi connectivity index (χ0v) is 14.9. The Kier molecular flexibility index (Phi) is 3.85. The van der Waals surface area contributed by atoms with Crippen LogP contribution in [0.2, 0.25) is 0 Å². The van der Waals surface area contributed by atoms with Crippen LogP contribution >= 0.6 is 11.3 Å². The van der Waals surface area contributed by atoms with Gasteiger partial charge in [-0.2, -0.15) is 0 Å². The molecule has 0 aliphatic heterocycles. The van der Waals surface area contributed by atoms with Crippen LogP contribution in [0, 0.1) is 0 Å². The molecule has 2 heterocycles. The van der Waals surface area contributed by atoms with E-state index in [4.69, 9.17) is 9.40 Å². The van der Waals surface area contributed by atoms with Gasteiger partial charge in [-0.1, -0.05) is 32.9 Å². The third-order valence-electron chi connectivity index (χ3n) is 4.53. The SMILES string of the molecule is CC(C)c1ccc2nc(CC(C)c3ccc4ocnc4c3)sc2c1. The van der Waals surface area contributed by atoms with Gasteiger partial charge in [-0.05, 0) is 47.2 Å². The van der Waals surface area contributed by atoms with Crippen LogP contribution in [0.15, 0.2) is 47.2 Å². The lowest BCUT2D eigenvalue weighted by Gasteiger charge is -2.09. The third kappa shape index (κ3) is 2.82. The molecule has 4 heteroatoms. The first-order valence-corrected chi connectivity index (χ1v) is 9.14. The van der Waals surface area contributed by atoms with Gasteiger partial charge in [0.05, 0.1) is 15.2 Å². The molecule has 0 aliphatic carbocycles. The van der Waals surface area contributed by atoms with Crippen molar-refractivity contribution in [2.75, 3.05) is 0 Å². The molecule has 2 aromatic carbocycles. The number of fused-ring (bicyclic) bond motifs is 2. The van der Waals surface area contributed by atoms with E-state index < -0.39 is 0 Å². The number of nitrogens with zero attached hydrogens (tertiary/aromatic N) is 2. The monoisotopic (exact) mass is 336 g/mol. The van der Waals surface area contributed by atoms with E-state index in [0.29, 0.717) is 11.8 Å². The maximum atomic E-state index is 5.32. The molecule has 0 saturated carbocycles. The van der Waals surface area contributed by atoms with E-state index in [2.05, 4.69) is 56.1 Å². The molecule has 4 aromatic rings. The first kappa shape index (κ1) is 15.3. The molecular formula is C20H20N2OS. The normalized spacial score (nSPS) is 13.2. The Morgan fingerprint density at radius 1 is 1.00 bits per heavy atom. The summed E-state index contributed by atoms with van der Waals surface area (Å²) in [6, 6.07) is 12.9. The van der Waals surface area contributed by atoms with Gasteiger partial charge in [0.25, 0.3) is 0 Å². The van der Waals surface area contributed by atoms with Crippen LogP contribution in [0.1, 0.15) is 48.7 Å². The zero-order chi connectivity index (χ0) is 16.7. The summed E-state index contributed by atoms with van der Waals surface area (Å²) in [5.41, 5.74) is 5.52. The average molecular weight is 336 g/mol. The lowest BCUT2D eigenvalue weighted by atomic mass is 9.98. The van der Waals surface area contributed by atoms with Crippen molar-refractivity contribution >= 4 is 32.7 Å². The van der Waals surface area contributed by atoms with Crippen molar-refractivity contribution in [3.05, 3.63) is 58.9 Å². The number of aromatic nitrogens is 2. The molecule has 0 saturated heterocycles. The van der Waals surface area contributed by atoms with E-state index >= 15 is 0 Å². The van der Waals surface area contributed by atoms with Gasteiger partial charge in [0.2, 0.25) is 0 Å². The quantitative estimate of drug-likeness (QED) is 0.465. The van der Waals surface area contributed by atoms with Crippen LogP contribution in [0.3, 0.4) is 0 Å². The van der Waals surface area contributed by atoms with Gasteiger partial charge in [0.15, 0.2) is 12.0 Å². The Bertz CT molecular complexity index is 999. The lowest BCUT2D eigenvalue weighted by molar-refractivity contribution is 0.602. The van der Waals surface area contributed by atoms with Crippen LogP contribution in [0.5, 0.6) is 0 Å². The molecule has 1 unspecified atom stereocenters. The van der Waals surface area contributed by atoms with Crippen LogP contribution < -0.4 is 0 Å². The van der Waals surface area contributed by atoms with Gasteiger partial charge >= 0.3 is 0 Å². The van der Waals surface area contributed by atoms with Crippen molar-refractivity contribution in [3.8, 4) is 0 Å². The molecule has 1 atom stereocenters. The molecule has 3 nitrogen and oxygen atoms in total. The molecule has 0 fully saturated rings. The highest BCUT2D eigenvalue weighted by Gasteiger charge is 2.13. The highest BCUT2D eigenvalue weighted by molar-refractivity contribution is 7.18. The summed E-state index contributed by atoms with van der Waals surface area (Å²) in [5, 5.41) is 1.19. The van der Waals surface area contributed by atoms with E-state index in [1.807, 2.05) is 17.4 Å². The molecule has 0 radical (unpaired) electrons. The van der Waals surface area contributed by atoms with Gasteiger partial charge in [-0.25, -0.2) is 9.97 Å². The maximum Gasteiger partial charge on any atom is 0.181 e. The second-order valence-corrected chi connectivity index (χ2v) is 7.79. The van der Waals surface area contributed by atoms with Crippen molar-refractivity contribution in [2.45, 2.75) is 39.0 Å². The Labute approximate surface area is 145 Å². The second kappa shape index (κ2) is 6.02. The Balaban J connectivity index is 1.60. The number of rotatable bonds is 4.